The second-order valence-electron chi connectivity index (χ2n) is 10.5. The fourth-order valence-corrected chi connectivity index (χ4v) is 4.99. The van der Waals surface area contributed by atoms with Crippen molar-refractivity contribution in [3.8, 4) is 40.1 Å². The molecular weight excluding hydrogens is 592 g/mol. The molecule has 2 aromatic carbocycles. The van der Waals surface area contributed by atoms with Gasteiger partial charge in [-0.15, -0.1) is 0 Å². The van der Waals surface area contributed by atoms with E-state index in [1.54, 1.807) is 0 Å². The molecule has 44 heavy (non-hydrogen) atoms. The second kappa shape index (κ2) is 12.4. The van der Waals surface area contributed by atoms with Gasteiger partial charge in [-0.1, -0.05) is 0 Å². The van der Waals surface area contributed by atoms with E-state index in [-0.39, 0.29) is 28.4 Å². The molecule has 2 fully saturated rings. The standard InChI is InChI=1S/C28H32O16/c1-9-18(32)21(35)23(37)27(41-9)40-8-16-19(33)22(36)24(38)28(43-16)44-26-20(34)17-13(31)6-11(29)7-15(17)42-25(26)10-3-4-12(30)14(5-10)39-2/h3-7,9,16,18-19,21-24,27-33,35-38H,8H2,1-2H3/t9-,16-,18+,19-,21-,22-,23+,24+,27-,28+/m1/s1. The molecule has 2 aliphatic heterocycles. The van der Waals surface area contributed by atoms with Crippen molar-refractivity contribution in [3.05, 3.63) is 40.6 Å². The molecule has 1 aromatic heterocycles. The Kier molecular flexibility index (Phi) is 8.90. The van der Waals surface area contributed by atoms with Crippen molar-refractivity contribution in [1.82, 2.24) is 0 Å². The quantitative estimate of drug-likeness (QED) is 0.147. The first-order valence-corrected chi connectivity index (χ1v) is 13.4. The van der Waals surface area contributed by atoms with Crippen molar-refractivity contribution in [2.75, 3.05) is 13.7 Å². The molecule has 9 N–H and O–H groups in total. The van der Waals surface area contributed by atoms with Crippen molar-refractivity contribution >= 4 is 11.0 Å². The molecule has 0 bridgehead atoms. The molecule has 0 saturated carbocycles. The first-order valence-electron chi connectivity index (χ1n) is 13.4. The number of ether oxygens (including phenoxy) is 5. The molecule has 0 spiro atoms. The summed E-state index contributed by atoms with van der Waals surface area (Å²) in [5.74, 6) is -2.28. The molecule has 240 valence electrons. The molecule has 2 aliphatic rings. The van der Waals surface area contributed by atoms with E-state index in [0.717, 1.165) is 12.1 Å². The molecular formula is C28H32O16. The molecule has 2 saturated heterocycles. The Morgan fingerprint density at radius 3 is 2.18 bits per heavy atom. The van der Waals surface area contributed by atoms with Crippen molar-refractivity contribution in [1.29, 1.82) is 0 Å². The van der Waals surface area contributed by atoms with Crippen molar-refractivity contribution in [3.63, 3.8) is 0 Å². The average Bonchev–Trinajstić information content (AvgIpc) is 2.98. The van der Waals surface area contributed by atoms with Crippen LogP contribution in [0.3, 0.4) is 0 Å². The molecule has 0 amide bonds. The number of aromatic hydroxyl groups is 3. The Morgan fingerprint density at radius 1 is 0.795 bits per heavy atom. The number of benzene rings is 2. The van der Waals surface area contributed by atoms with Crippen LogP contribution in [-0.4, -0.2) is 121 Å². The zero-order valence-corrected chi connectivity index (χ0v) is 23.3. The Hall–Kier alpha value is -3.71. The number of hydrogen-bond acceptors (Lipinski definition) is 16. The number of hydrogen-bond donors (Lipinski definition) is 9. The Labute approximate surface area is 248 Å². The number of phenols is 3. The molecule has 16 nitrogen and oxygen atoms in total. The van der Waals surface area contributed by atoms with E-state index in [9.17, 15) is 50.8 Å². The molecule has 5 rings (SSSR count). The van der Waals surface area contributed by atoms with Crippen LogP contribution in [0, 0.1) is 0 Å². The maximum absolute atomic E-state index is 13.7. The molecule has 0 unspecified atom stereocenters. The molecule has 3 aromatic rings. The fourth-order valence-electron chi connectivity index (χ4n) is 4.99. The van der Waals surface area contributed by atoms with Gasteiger partial charge in [-0.25, -0.2) is 0 Å². The molecule has 10 atom stereocenters. The number of methoxy groups -OCH3 is 1. The smallest absolute Gasteiger partial charge is 0.239 e. The van der Waals surface area contributed by atoms with Gasteiger partial charge < -0.3 is 74.1 Å². The third kappa shape index (κ3) is 5.74. The van der Waals surface area contributed by atoms with E-state index < -0.39 is 96.1 Å². The highest BCUT2D eigenvalue weighted by Crippen LogP contribution is 2.39. The fraction of sp³-hybridized carbons (Fsp3) is 0.464. The Morgan fingerprint density at radius 2 is 1.48 bits per heavy atom. The van der Waals surface area contributed by atoms with Gasteiger partial charge >= 0.3 is 0 Å². The van der Waals surface area contributed by atoms with Crippen LogP contribution in [0.15, 0.2) is 39.5 Å². The summed E-state index contributed by atoms with van der Waals surface area (Å²) in [5, 5.41) is 92.1. The number of aliphatic hydroxyl groups excluding tert-OH is 6. The lowest BCUT2D eigenvalue weighted by Crippen LogP contribution is -2.61. The van der Waals surface area contributed by atoms with Gasteiger partial charge in [-0.3, -0.25) is 4.79 Å². The van der Waals surface area contributed by atoms with Crippen LogP contribution in [0.4, 0.5) is 0 Å². The van der Waals surface area contributed by atoms with Gasteiger partial charge in [0.05, 0.1) is 19.8 Å². The third-order valence-corrected chi connectivity index (χ3v) is 7.50. The summed E-state index contributed by atoms with van der Waals surface area (Å²) in [7, 11) is 1.28. The number of rotatable bonds is 7. The van der Waals surface area contributed by atoms with Gasteiger partial charge in [0.1, 0.15) is 65.2 Å². The molecule has 16 heteroatoms. The highest BCUT2D eigenvalue weighted by molar-refractivity contribution is 5.88. The van der Waals surface area contributed by atoms with E-state index in [0.29, 0.717) is 0 Å². The minimum Gasteiger partial charge on any atom is -0.508 e. The summed E-state index contributed by atoms with van der Waals surface area (Å²) >= 11 is 0. The van der Waals surface area contributed by atoms with E-state index in [1.165, 1.54) is 32.2 Å². The minimum atomic E-state index is -1.94. The summed E-state index contributed by atoms with van der Waals surface area (Å²) in [6, 6.07) is 5.83. The topological polar surface area (TPSA) is 258 Å². The van der Waals surface area contributed by atoms with Gasteiger partial charge in [-0.2, -0.15) is 0 Å². The van der Waals surface area contributed by atoms with Crippen molar-refractivity contribution in [2.45, 2.75) is 68.3 Å². The van der Waals surface area contributed by atoms with Gasteiger partial charge in [-0.05, 0) is 25.1 Å². The van der Waals surface area contributed by atoms with Gasteiger partial charge in [0.2, 0.25) is 17.5 Å². The highest BCUT2D eigenvalue weighted by atomic mass is 16.7. The van der Waals surface area contributed by atoms with Crippen LogP contribution in [0.2, 0.25) is 0 Å². The number of aliphatic hydroxyl groups is 6. The van der Waals surface area contributed by atoms with Crippen LogP contribution in [0.1, 0.15) is 6.92 Å². The lowest BCUT2D eigenvalue weighted by molar-refractivity contribution is -0.318. The summed E-state index contributed by atoms with van der Waals surface area (Å²) in [6.07, 6.45) is -16.0. The lowest BCUT2D eigenvalue weighted by atomic mass is 9.98. The monoisotopic (exact) mass is 624 g/mol. The lowest BCUT2D eigenvalue weighted by Gasteiger charge is -2.42. The first-order chi connectivity index (χ1) is 20.8. The minimum absolute atomic E-state index is 0.0151. The van der Waals surface area contributed by atoms with Crippen LogP contribution in [0.5, 0.6) is 28.7 Å². The largest absolute Gasteiger partial charge is 0.508 e. The van der Waals surface area contributed by atoms with Crippen LogP contribution in [-0.2, 0) is 14.2 Å². The predicted molar refractivity (Wildman–Crippen MR) is 145 cm³/mol. The van der Waals surface area contributed by atoms with E-state index >= 15 is 0 Å². The SMILES string of the molecule is COc1cc(-c2oc3cc(O)cc(O)c3c(=O)c2O[C@@H]2O[C@H](CO[C@@H]3O[C@H](C)[C@H](O)[C@@H](O)[C@@H]3O)[C@@H](O)[C@@H](O)[C@@H]2O)ccc1O. The first kappa shape index (κ1) is 31.7. The summed E-state index contributed by atoms with van der Waals surface area (Å²) < 4.78 is 33.2. The normalized spacial score (nSPS) is 32.5. The van der Waals surface area contributed by atoms with Gasteiger partial charge in [0.25, 0.3) is 0 Å². The Balaban J connectivity index is 1.49. The zero-order chi connectivity index (χ0) is 32.0. The zero-order valence-electron chi connectivity index (χ0n) is 23.3. The summed E-state index contributed by atoms with van der Waals surface area (Å²) in [4.78, 5) is 13.7. The average molecular weight is 625 g/mol. The molecule has 0 aliphatic carbocycles. The predicted octanol–water partition coefficient (Wildman–Crippen LogP) is -1.38. The maximum Gasteiger partial charge on any atom is 0.239 e. The van der Waals surface area contributed by atoms with Gasteiger partial charge in [0.15, 0.2) is 23.5 Å². The highest BCUT2D eigenvalue weighted by Gasteiger charge is 2.47. The van der Waals surface area contributed by atoms with Crippen molar-refractivity contribution in [2.24, 2.45) is 0 Å². The summed E-state index contributed by atoms with van der Waals surface area (Å²) in [6.45, 7) is 0.845. The number of phenolic OH excluding ortho intramolecular Hbond substituents is 3. The van der Waals surface area contributed by atoms with E-state index in [4.69, 9.17) is 28.1 Å². The maximum atomic E-state index is 13.7. The third-order valence-electron chi connectivity index (χ3n) is 7.50. The summed E-state index contributed by atoms with van der Waals surface area (Å²) in [5.41, 5.74) is -1.11. The van der Waals surface area contributed by atoms with Gasteiger partial charge in [0, 0.05) is 17.7 Å². The van der Waals surface area contributed by atoms with Crippen LogP contribution < -0.4 is 14.9 Å². The Bertz CT molecular complexity index is 1560. The number of fused-ring (bicyclic) bond motifs is 1. The van der Waals surface area contributed by atoms with Crippen LogP contribution in [0.25, 0.3) is 22.3 Å². The van der Waals surface area contributed by atoms with E-state index in [1.807, 2.05) is 0 Å². The van der Waals surface area contributed by atoms with Crippen molar-refractivity contribution < 1.29 is 74.1 Å². The molecule has 0 radical (unpaired) electrons. The van der Waals surface area contributed by atoms with E-state index in [2.05, 4.69) is 0 Å². The molecule has 3 heterocycles. The van der Waals surface area contributed by atoms with Crippen LogP contribution >= 0.6 is 0 Å². The second-order valence-corrected chi connectivity index (χ2v) is 10.5.